The molecule has 1 unspecified atom stereocenters. The summed E-state index contributed by atoms with van der Waals surface area (Å²) in [7, 11) is 2.05. The molecule has 4 heteroatoms. The molecule has 15 heavy (non-hydrogen) atoms. The summed E-state index contributed by atoms with van der Waals surface area (Å²) in [6, 6.07) is 4.56. The van der Waals surface area contributed by atoms with Gasteiger partial charge in [-0.05, 0) is 24.8 Å². The van der Waals surface area contributed by atoms with Gasteiger partial charge >= 0.3 is 0 Å². The lowest BCUT2D eigenvalue weighted by molar-refractivity contribution is 0.269. The minimum atomic E-state index is 0.255. The maximum Gasteiger partial charge on any atom is 0.0446 e. The number of aromatic nitrogens is 1. The molecule has 0 fully saturated rings. The fraction of sp³-hybridized carbons (Fsp3) is 0.636. The molecule has 1 aromatic heterocycles. The normalized spacial score (nSPS) is 13.0. The van der Waals surface area contributed by atoms with E-state index in [9.17, 15) is 0 Å². The average Bonchev–Trinajstić information content (AvgIpc) is 2.61. The molecule has 0 aliphatic carbocycles. The Morgan fingerprint density at radius 1 is 1.60 bits per heavy atom. The van der Waals surface area contributed by atoms with E-state index in [1.54, 1.807) is 0 Å². The van der Waals surface area contributed by atoms with Gasteiger partial charge in [-0.15, -0.1) is 0 Å². The van der Waals surface area contributed by atoms with Crippen molar-refractivity contribution in [3.05, 3.63) is 24.0 Å². The first-order valence-electron chi connectivity index (χ1n) is 5.21. The predicted octanol–water partition coefficient (Wildman–Crippen LogP) is 1.23. The van der Waals surface area contributed by atoms with E-state index in [2.05, 4.69) is 22.2 Å². The van der Waals surface area contributed by atoms with E-state index >= 15 is 0 Å². The molecule has 0 amide bonds. The lowest BCUT2D eigenvalue weighted by atomic mass is 10.2. The smallest absolute Gasteiger partial charge is 0.0446 e. The van der Waals surface area contributed by atoms with Gasteiger partial charge in [-0.3, -0.25) is 0 Å². The molecule has 0 radical (unpaired) electrons. The molecule has 0 aliphatic heterocycles. The molecule has 1 atom stereocenters. The van der Waals surface area contributed by atoms with Crippen molar-refractivity contribution in [1.82, 2.24) is 9.88 Å². The second-order valence-corrected chi connectivity index (χ2v) is 4.57. The van der Waals surface area contributed by atoms with Crippen LogP contribution in [0.3, 0.4) is 0 Å². The van der Waals surface area contributed by atoms with Crippen molar-refractivity contribution in [2.45, 2.75) is 19.0 Å². The molecule has 0 bridgehead atoms. The van der Waals surface area contributed by atoms with Crippen molar-refractivity contribution in [3.8, 4) is 0 Å². The molecule has 86 valence electrons. The molecule has 0 spiro atoms. The van der Waals surface area contributed by atoms with Gasteiger partial charge < -0.3 is 15.0 Å². The monoisotopic (exact) mass is 228 g/mol. The van der Waals surface area contributed by atoms with E-state index in [-0.39, 0.29) is 6.61 Å². The van der Waals surface area contributed by atoms with E-state index in [0.717, 1.165) is 18.7 Å². The Labute approximate surface area is 95.9 Å². The second kappa shape index (κ2) is 6.93. The van der Waals surface area contributed by atoms with E-state index < -0.39 is 0 Å². The van der Waals surface area contributed by atoms with Gasteiger partial charge in [0, 0.05) is 43.9 Å². The Balaban J connectivity index is 2.36. The van der Waals surface area contributed by atoms with Crippen LogP contribution in [0.15, 0.2) is 18.3 Å². The van der Waals surface area contributed by atoms with Gasteiger partial charge in [0.1, 0.15) is 0 Å². The van der Waals surface area contributed by atoms with E-state index in [4.69, 9.17) is 5.11 Å². The molecule has 1 rings (SSSR count). The number of aliphatic hydroxyl groups is 1. The Morgan fingerprint density at radius 3 is 2.93 bits per heavy atom. The van der Waals surface area contributed by atoms with Crippen molar-refractivity contribution in [2.75, 3.05) is 18.6 Å². The van der Waals surface area contributed by atoms with Crippen molar-refractivity contribution in [2.24, 2.45) is 7.05 Å². The predicted molar refractivity (Wildman–Crippen MR) is 66.1 cm³/mol. The first-order chi connectivity index (χ1) is 7.27. The molecule has 0 aromatic carbocycles. The van der Waals surface area contributed by atoms with Gasteiger partial charge in [0.15, 0.2) is 0 Å². The van der Waals surface area contributed by atoms with Crippen LogP contribution in [-0.4, -0.2) is 34.3 Å². The van der Waals surface area contributed by atoms with Crippen molar-refractivity contribution in [3.63, 3.8) is 0 Å². The summed E-state index contributed by atoms with van der Waals surface area (Å²) >= 11 is 1.81. The lowest BCUT2D eigenvalue weighted by Crippen LogP contribution is -2.32. The van der Waals surface area contributed by atoms with Crippen LogP contribution in [0.4, 0.5) is 0 Å². The lowest BCUT2D eigenvalue weighted by Gasteiger charge is -2.16. The van der Waals surface area contributed by atoms with E-state index in [0.29, 0.717) is 6.04 Å². The van der Waals surface area contributed by atoms with Crippen LogP contribution in [0.25, 0.3) is 0 Å². The molecular weight excluding hydrogens is 208 g/mol. The molecule has 0 saturated heterocycles. The minimum absolute atomic E-state index is 0.255. The average molecular weight is 228 g/mol. The molecule has 1 aromatic rings. The third-order valence-corrected chi connectivity index (χ3v) is 3.20. The summed E-state index contributed by atoms with van der Waals surface area (Å²) < 4.78 is 2.11. The van der Waals surface area contributed by atoms with Gasteiger partial charge in [-0.25, -0.2) is 0 Å². The number of nitrogens with one attached hydrogen (secondary N) is 1. The standard InChI is InChI=1S/C11H20N2OS/c1-13-6-3-4-11(13)8-12-10(5-7-14)9-15-2/h3-4,6,10,12,14H,5,7-9H2,1-2H3. The molecular formula is C11H20N2OS. The van der Waals surface area contributed by atoms with Crippen molar-refractivity contribution < 1.29 is 5.11 Å². The van der Waals surface area contributed by atoms with Crippen LogP contribution < -0.4 is 5.32 Å². The van der Waals surface area contributed by atoms with Gasteiger partial charge in [-0.2, -0.15) is 11.8 Å². The summed E-state index contributed by atoms with van der Waals surface area (Å²) in [5, 5.41) is 12.4. The van der Waals surface area contributed by atoms with Gasteiger partial charge in [0.05, 0.1) is 0 Å². The number of rotatable bonds is 7. The number of hydrogen-bond acceptors (Lipinski definition) is 3. The Hall–Kier alpha value is -0.450. The molecule has 0 saturated carbocycles. The van der Waals surface area contributed by atoms with Crippen LogP contribution in [-0.2, 0) is 13.6 Å². The van der Waals surface area contributed by atoms with E-state index in [1.165, 1.54) is 5.69 Å². The van der Waals surface area contributed by atoms with Gasteiger partial charge in [0.25, 0.3) is 0 Å². The Morgan fingerprint density at radius 2 is 2.40 bits per heavy atom. The number of aryl methyl sites for hydroxylation is 1. The summed E-state index contributed by atoms with van der Waals surface area (Å²) in [6.45, 7) is 1.13. The van der Waals surface area contributed by atoms with Gasteiger partial charge in [-0.1, -0.05) is 0 Å². The molecule has 1 heterocycles. The van der Waals surface area contributed by atoms with Crippen molar-refractivity contribution in [1.29, 1.82) is 0 Å². The summed E-state index contributed by atoms with van der Waals surface area (Å²) in [4.78, 5) is 0. The molecule has 0 aliphatic rings. The zero-order chi connectivity index (χ0) is 11.1. The number of nitrogens with zero attached hydrogens (tertiary/aromatic N) is 1. The first kappa shape index (κ1) is 12.6. The fourth-order valence-electron chi connectivity index (χ4n) is 1.53. The third-order valence-electron chi connectivity index (χ3n) is 2.47. The zero-order valence-electron chi connectivity index (χ0n) is 9.44. The number of thioether (sulfide) groups is 1. The van der Waals surface area contributed by atoms with Crippen LogP contribution in [0.5, 0.6) is 0 Å². The first-order valence-corrected chi connectivity index (χ1v) is 6.60. The Kier molecular flexibility index (Phi) is 5.83. The van der Waals surface area contributed by atoms with Crippen LogP contribution >= 0.6 is 11.8 Å². The highest BCUT2D eigenvalue weighted by Crippen LogP contribution is 2.04. The van der Waals surface area contributed by atoms with Crippen molar-refractivity contribution >= 4 is 11.8 Å². The molecule has 2 N–H and O–H groups in total. The number of aliphatic hydroxyl groups excluding tert-OH is 1. The van der Waals surface area contributed by atoms with Gasteiger partial charge in [0.2, 0.25) is 0 Å². The van der Waals surface area contributed by atoms with Crippen LogP contribution in [0, 0.1) is 0 Å². The van der Waals surface area contributed by atoms with Crippen LogP contribution in [0.2, 0.25) is 0 Å². The molecule has 3 nitrogen and oxygen atoms in total. The third kappa shape index (κ3) is 4.28. The zero-order valence-corrected chi connectivity index (χ0v) is 10.3. The Bertz CT molecular complexity index is 269. The highest BCUT2D eigenvalue weighted by molar-refractivity contribution is 7.98. The summed E-state index contributed by atoms with van der Waals surface area (Å²) in [6.07, 6.45) is 4.96. The quantitative estimate of drug-likeness (QED) is 0.737. The van der Waals surface area contributed by atoms with E-state index in [1.807, 2.05) is 31.1 Å². The fourth-order valence-corrected chi connectivity index (χ4v) is 2.22. The highest BCUT2D eigenvalue weighted by atomic mass is 32.2. The summed E-state index contributed by atoms with van der Waals surface area (Å²) in [5.41, 5.74) is 1.28. The maximum absolute atomic E-state index is 8.92. The largest absolute Gasteiger partial charge is 0.396 e. The van der Waals surface area contributed by atoms with Crippen LogP contribution in [0.1, 0.15) is 12.1 Å². The minimum Gasteiger partial charge on any atom is -0.396 e. The SMILES string of the molecule is CSCC(CCO)NCc1cccn1C. The topological polar surface area (TPSA) is 37.2 Å². The highest BCUT2D eigenvalue weighted by Gasteiger charge is 2.07. The maximum atomic E-state index is 8.92. The number of hydrogen-bond donors (Lipinski definition) is 2. The second-order valence-electron chi connectivity index (χ2n) is 3.66. The summed E-state index contributed by atoms with van der Waals surface area (Å²) in [5.74, 6) is 1.05.